The molecule has 1 aromatic carbocycles. The van der Waals surface area contributed by atoms with Gasteiger partial charge in [-0.2, -0.15) is 0 Å². The third-order valence-electron chi connectivity index (χ3n) is 4.62. The third kappa shape index (κ3) is 2.45. The SMILES string of the molecule is COCCC(C)C(N)C1(c2ccccc2)CCC1. The average molecular weight is 247 g/mol. The van der Waals surface area contributed by atoms with Crippen molar-refractivity contribution < 1.29 is 4.74 Å². The lowest BCUT2D eigenvalue weighted by atomic mass is 9.58. The van der Waals surface area contributed by atoms with Crippen LogP contribution in [0.3, 0.4) is 0 Å². The van der Waals surface area contributed by atoms with Crippen molar-refractivity contribution in [3.05, 3.63) is 35.9 Å². The van der Waals surface area contributed by atoms with Crippen LogP contribution in [0.25, 0.3) is 0 Å². The fraction of sp³-hybridized carbons (Fsp3) is 0.625. The summed E-state index contributed by atoms with van der Waals surface area (Å²) in [5.41, 5.74) is 8.22. The van der Waals surface area contributed by atoms with Crippen LogP contribution in [0.2, 0.25) is 0 Å². The van der Waals surface area contributed by atoms with E-state index in [9.17, 15) is 0 Å². The molecule has 2 atom stereocenters. The van der Waals surface area contributed by atoms with Crippen LogP contribution in [-0.2, 0) is 10.2 Å². The molecule has 1 fully saturated rings. The first-order valence-electron chi connectivity index (χ1n) is 7.01. The molecule has 2 unspecified atom stereocenters. The van der Waals surface area contributed by atoms with Crippen LogP contribution in [0.5, 0.6) is 0 Å². The standard InChI is InChI=1S/C16H25NO/c1-13(9-12-18-2)15(17)16(10-6-11-16)14-7-4-3-5-8-14/h3-5,7-8,13,15H,6,9-12,17H2,1-2H3. The molecule has 1 saturated carbocycles. The topological polar surface area (TPSA) is 35.2 Å². The molecule has 1 aromatic rings. The Labute approximate surface area is 111 Å². The lowest BCUT2D eigenvalue weighted by Crippen LogP contribution is -2.53. The summed E-state index contributed by atoms with van der Waals surface area (Å²) < 4.78 is 5.18. The Balaban J connectivity index is 2.12. The molecule has 2 heteroatoms. The number of hydrogen-bond donors (Lipinski definition) is 1. The molecule has 0 heterocycles. The summed E-state index contributed by atoms with van der Waals surface area (Å²) in [6.45, 7) is 3.06. The van der Waals surface area contributed by atoms with E-state index in [1.165, 1.54) is 24.8 Å². The zero-order valence-corrected chi connectivity index (χ0v) is 11.6. The third-order valence-corrected chi connectivity index (χ3v) is 4.62. The highest BCUT2D eigenvalue weighted by Crippen LogP contribution is 2.47. The normalized spacial score (nSPS) is 21.1. The molecule has 0 radical (unpaired) electrons. The molecule has 0 saturated heterocycles. The smallest absolute Gasteiger partial charge is 0.0465 e. The van der Waals surface area contributed by atoms with Gasteiger partial charge in [0.05, 0.1) is 0 Å². The van der Waals surface area contributed by atoms with Crippen LogP contribution in [0.15, 0.2) is 30.3 Å². The fourth-order valence-electron chi connectivity index (χ4n) is 3.17. The first-order valence-corrected chi connectivity index (χ1v) is 7.01. The molecule has 1 aliphatic rings. The summed E-state index contributed by atoms with van der Waals surface area (Å²) in [5.74, 6) is 0.505. The number of benzene rings is 1. The van der Waals surface area contributed by atoms with Gasteiger partial charge in [0.2, 0.25) is 0 Å². The van der Waals surface area contributed by atoms with Gasteiger partial charge in [-0.05, 0) is 30.7 Å². The summed E-state index contributed by atoms with van der Waals surface area (Å²) in [5, 5.41) is 0. The lowest BCUT2D eigenvalue weighted by Gasteiger charge is -2.49. The molecule has 1 aliphatic carbocycles. The van der Waals surface area contributed by atoms with E-state index in [2.05, 4.69) is 37.3 Å². The maximum atomic E-state index is 6.57. The number of ether oxygens (including phenoxy) is 1. The van der Waals surface area contributed by atoms with Gasteiger partial charge in [-0.1, -0.05) is 43.7 Å². The van der Waals surface area contributed by atoms with E-state index in [1.807, 2.05) is 0 Å². The molecule has 2 nitrogen and oxygen atoms in total. The summed E-state index contributed by atoms with van der Waals surface area (Å²) in [4.78, 5) is 0. The van der Waals surface area contributed by atoms with Crippen LogP contribution in [0, 0.1) is 5.92 Å². The predicted octanol–water partition coefficient (Wildman–Crippen LogP) is 3.11. The molecule has 18 heavy (non-hydrogen) atoms. The van der Waals surface area contributed by atoms with Gasteiger partial charge in [0.1, 0.15) is 0 Å². The van der Waals surface area contributed by atoms with Crippen molar-refractivity contribution in [2.24, 2.45) is 11.7 Å². The molecule has 2 rings (SSSR count). The second-order valence-corrected chi connectivity index (χ2v) is 5.66. The van der Waals surface area contributed by atoms with Crippen LogP contribution >= 0.6 is 0 Å². The molecule has 0 bridgehead atoms. The van der Waals surface area contributed by atoms with Crippen molar-refractivity contribution in [1.29, 1.82) is 0 Å². The van der Waals surface area contributed by atoms with E-state index in [0.29, 0.717) is 5.92 Å². The monoisotopic (exact) mass is 247 g/mol. The predicted molar refractivity (Wildman–Crippen MR) is 75.6 cm³/mol. The maximum Gasteiger partial charge on any atom is 0.0465 e. The quantitative estimate of drug-likeness (QED) is 0.838. The molecular weight excluding hydrogens is 222 g/mol. The second-order valence-electron chi connectivity index (χ2n) is 5.66. The molecule has 2 N–H and O–H groups in total. The number of hydrogen-bond acceptors (Lipinski definition) is 2. The minimum Gasteiger partial charge on any atom is -0.385 e. The minimum absolute atomic E-state index is 0.217. The second kappa shape index (κ2) is 5.85. The van der Waals surface area contributed by atoms with Gasteiger partial charge in [0.25, 0.3) is 0 Å². The van der Waals surface area contributed by atoms with Gasteiger partial charge in [-0.25, -0.2) is 0 Å². The summed E-state index contributed by atoms with van der Waals surface area (Å²) in [6, 6.07) is 11.0. The molecule has 100 valence electrons. The van der Waals surface area contributed by atoms with Crippen LogP contribution in [0.1, 0.15) is 38.2 Å². The van der Waals surface area contributed by atoms with Crippen molar-refractivity contribution in [3.63, 3.8) is 0 Å². The zero-order valence-electron chi connectivity index (χ0n) is 11.6. The van der Waals surface area contributed by atoms with Crippen LogP contribution in [0.4, 0.5) is 0 Å². The van der Waals surface area contributed by atoms with E-state index < -0.39 is 0 Å². The van der Waals surface area contributed by atoms with Crippen molar-refractivity contribution >= 4 is 0 Å². The van der Waals surface area contributed by atoms with Gasteiger partial charge in [-0.3, -0.25) is 0 Å². The highest BCUT2D eigenvalue weighted by molar-refractivity contribution is 5.30. The molecule has 0 aromatic heterocycles. The molecule has 0 aliphatic heterocycles. The van der Waals surface area contributed by atoms with Crippen LogP contribution in [-0.4, -0.2) is 19.8 Å². The summed E-state index contributed by atoms with van der Waals surface area (Å²) in [7, 11) is 1.76. The fourth-order valence-corrected chi connectivity index (χ4v) is 3.17. The van der Waals surface area contributed by atoms with Gasteiger partial charge < -0.3 is 10.5 Å². The van der Waals surface area contributed by atoms with Gasteiger partial charge in [0.15, 0.2) is 0 Å². The highest BCUT2D eigenvalue weighted by atomic mass is 16.5. The Bertz CT molecular complexity index is 359. The van der Waals surface area contributed by atoms with E-state index in [-0.39, 0.29) is 11.5 Å². The van der Waals surface area contributed by atoms with Crippen molar-refractivity contribution in [2.75, 3.05) is 13.7 Å². The Morgan fingerprint density at radius 1 is 1.28 bits per heavy atom. The zero-order chi connectivity index (χ0) is 13.0. The summed E-state index contributed by atoms with van der Waals surface area (Å²) in [6.07, 6.45) is 4.82. The summed E-state index contributed by atoms with van der Waals surface area (Å²) >= 11 is 0. The molecule has 0 amide bonds. The van der Waals surface area contributed by atoms with Crippen molar-refractivity contribution in [3.8, 4) is 0 Å². The minimum atomic E-state index is 0.217. The number of nitrogens with two attached hydrogens (primary N) is 1. The van der Waals surface area contributed by atoms with Gasteiger partial charge in [-0.15, -0.1) is 0 Å². The van der Waals surface area contributed by atoms with Crippen molar-refractivity contribution in [2.45, 2.75) is 44.1 Å². The average Bonchev–Trinajstić information content (AvgIpc) is 2.36. The molecule has 0 spiro atoms. The van der Waals surface area contributed by atoms with E-state index in [0.717, 1.165) is 13.0 Å². The van der Waals surface area contributed by atoms with E-state index in [1.54, 1.807) is 7.11 Å². The van der Waals surface area contributed by atoms with E-state index >= 15 is 0 Å². The van der Waals surface area contributed by atoms with Gasteiger partial charge >= 0.3 is 0 Å². The Morgan fingerprint density at radius 3 is 2.44 bits per heavy atom. The number of rotatable bonds is 6. The maximum absolute atomic E-state index is 6.57. The van der Waals surface area contributed by atoms with Crippen molar-refractivity contribution in [1.82, 2.24) is 0 Å². The van der Waals surface area contributed by atoms with E-state index in [4.69, 9.17) is 10.5 Å². The lowest BCUT2D eigenvalue weighted by molar-refractivity contribution is 0.125. The van der Waals surface area contributed by atoms with Gasteiger partial charge in [0, 0.05) is 25.2 Å². The van der Waals surface area contributed by atoms with Crippen LogP contribution < -0.4 is 5.73 Å². The Morgan fingerprint density at radius 2 is 1.94 bits per heavy atom. The largest absolute Gasteiger partial charge is 0.385 e. The first kappa shape index (κ1) is 13.6. The Hall–Kier alpha value is -0.860. The highest BCUT2D eigenvalue weighted by Gasteiger charge is 2.45. The molecular formula is C16H25NO. The Kier molecular flexibility index (Phi) is 4.41. The first-order chi connectivity index (χ1) is 8.70. The number of methoxy groups -OCH3 is 1.